The summed E-state index contributed by atoms with van der Waals surface area (Å²) in [5, 5.41) is 29.9. The number of amides is 1. The molecule has 2 aromatic carbocycles. The second-order valence-corrected chi connectivity index (χ2v) is 3.98. The molecule has 2 rings (SSSR count). The van der Waals surface area contributed by atoms with Crippen molar-refractivity contribution in [2.24, 2.45) is 0 Å². The molecule has 0 aromatic heterocycles. The smallest absolute Gasteiger partial charge is 0.488 e. The van der Waals surface area contributed by atoms with E-state index in [1.54, 1.807) is 30.3 Å². The van der Waals surface area contributed by atoms with Gasteiger partial charge < -0.3 is 19.9 Å². The lowest BCUT2D eigenvalue weighted by Crippen LogP contribution is -2.29. The topological polar surface area (TPSA) is 99.0 Å². The van der Waals surface area contributed by atoms with Crippen molar-refractivity contribution < 1.29 is 24.7 Å². The van der Waals surface area contributed by atoms with E-state index in [9.17, 15) is 9.90 Å². The molecular weight excluding hydrogens is 261 g/mol. The van der Waals surface area contributed by atoms with Gasteiger partial charge in [-0.15, -0.1) is 0 Å². The average Bonchev–Trinajstić information content (AvgIpc) is 2.42. The standard InChI is InChI=1S/C13H12BNO5/c16-12-8-9(14(18)19)6-7-11(12)15-13(17)20-10-4-2-1-3-5-10/h1-8,16,18-19H,(H,15,17). The summed E-state index contributed by atoms with van der Waals surface area (Å²) >= 11 is 0. The van der Waals surface area contributed by atoms with Gasteiger partial charge in [0.05, 0.1) is 5.69 Å². The third kappa shape index (κ3) is 3.50. The number of carbonyl (C=O) groups excluding carboxylic acids is 1. The minimum atomic E-state index is -1.69. The molecule has 20 heavy (non-hydrogen) atoms. The largest absolute Gasteiger partial charge is 0.506 e. The minimum Gasteiger partial charge on any atom is -0.506 e. The van der Waals surface area contributed by atoms with Crippen molar-refractivity contribution in [1.29, 1.82) is 0 Å². The molecule has 2 aromatic rings. The third-order valence-corrected chi connectivity index (χ3v) is 2.51. The first-order valence-corrected chi connectivity index (χ1v) is 5.79. The van der Waals surface area contributed by atoms with E-state index >= 15 is 0 Å². The number of para-hydroxylation sites is 1. The molecule has 4 N–H and O–H groups in total. The Morgan fingerprint density at radius 2 is 1.80 bits per heavy atom. The number of aromatic hydroxyl groups is 1. The van der Waals surface area contributed by atoms with Crippen LogP contribution in [0.15, 0.2) is 48.5 Å². The number of ether oxygens (including phenoxy) is 1. The number of phenols is 1. The van der Waals surface area contributed by atoms with Gasteiger partial charge in [-0.3, -0.25) is 5.32 Å². The summed E-state index contributed by atoms with van der Waals surface area (Å²) < 4.78 is 4.99. The lowest BCUT2D eigenvalue weighted by atomic mass is 9.80. The Balaban J connectivity index is 2.05. The third-order valence-electron chi connectivity index (χ3n) is 2.51. The van der Waals surface area contributed by atoms with Gasteiger partial charge in [-0.05, 0) is 29.7 Å². The molecule has 6 nitrogen and oxygen atoms in total. The zero-order chi connectivity index (χ0) is 14.5. The van der Waals surface area contributed by atoms with Crippen molar-refractivity contribution in [1.82, 2.24) is 0 Å². The first-order valence-electron chi connectivity index (χ1n) is 5.79. The minimum absolute atomic E-state index is 0.107. The zero-order valence-corrected chi connectivity index (χ0v) is 10.4. The molecule has 0 heterocycles. The summed E-state index contributed by atoms with van der Waals surface area (Å²) in [4.78, 5) is 11.6. The van der Waals surface area contributed by atoms with Crippen molar-refractivity contribution in [3.63, 3.8) is 0 Å². The summed E-state index contributed by atoms with van der Waals surface area (Å²) in [6.07, 6.45) is -0.760. The Hall–Kier alpha value is -2.51. The van der Waals surface area contributed by atoms with Gasteiger partial charge in [0.25, 0.3) is 0 Å². The molecular formula is C13H12BNO5. The van der Waals surface area contributed by atoms with Crippen LogP contribution in [0.4, 0.5) is 10.5 Å². The molecule has 0 unspecified atom stereocenters. The fraction of sp³-hybridized carbons (Fsp3) is 0. The first-order chi connectivity index (χ1) is 9.56. The molecule has 0 bridgehead atoms. The Kier molecular flexibility index (Phi) is 4.24. The van der Waals surface area contributed by atoms with Crippen LogP contribution < -0.4 is 15.5 Å². The highest BCUT2D eigenvalue weighted by molar-refractivity contribution is 6.58. The number of anilines is 1. The summed E-state index contributed by atoms with van der Waals surface area (Å²) in [6.45, 7) is 0. The first kappa shape index (κ1) is 13.9. The molecule has 0 atom stereocenters. The highest BCUT2D eigenvalue weighted by Gasteiger charge is 2.14. The molecule has 0 aliphatic carbocycles. The van der Waals surface area contributed by atoms with Crippen LogP contribution in [-0.2, 0) is 0 Å². The number of hydrogen-bond donors (Lipinski definition) is 4. The molecule has 7 heteroatoms. The summed E-state index contributed by atoms with van der Waals surface area (Å²) in [5.74, 6) is 0.0764. The normalized spacial score (nSPS) is 9.90. The Labute approximate surface area is 115 Å². The van der Waals surface area contributed by atoms with E-state index in [0.29, 0.717) is 5.75 Å². The zero-order valence-electron chi connectivity index (χ0n) is 10.4. The lowest BCUT2D eigenvalue weighted by molar-refractivity contribution is 0.215. The summed E-state index contributed by atoms with van der Waals surface area (Å²) in [6, 6.07) is 12.3. The second-order valence-electron chi connectivity index (χ2n) is 3.98. The van der Waals surface area contributed by atoms with E-state index < -0.39 is 13.2 Å². The number of carbonyl (C=O) groups is 1. The summed E-state index contributed by atoms with van der Waals surface area (Å²) in [7, 11) is -1.69. The lowest BCUT2D eigenvalue weighted by Gasteiger charge is -2.09. The quantitative estimate of drug-likeness (QED) is 0.487. The molecule has 1 amide bonds. The Bertz CT molecular complexity index is 603. The van der Waals surface area contributed by atoms with E-state index in [-0.39, 0.29) is 16.9 Å². The van der Waals surface area contributed by atoms with Gasteiger partial charge in [0, 0.05) is 0 Å². The number of benzene rings is 2. The fourth-order valence-corrected chi connectivity index (χ4v) is 1.55. The molecule has 0 saturated carbocycles. The van der Waals surface area contributed by atoms with Crippen molar-refractivity contribution in [2.75, 3.05) is 5.32 Å². The van der Waals surface area contributed by atoms with E-state index in [0.717, 1.165) is 6.07 Å². The van der Waals surface area contributed by atoms with Crippen LogP contribution >= 0.6 is 0 Å². The number of phenolic OH excluding ortho intramolecular Hbond substituents is 1. The van der Waals surface area contributed by atoms with E-state index in [1.165, 1.54) is 12.1 Å². The van der Waals surface area contributed by atoms with Crippen LogP contribution in [0.25, 0.3) is 0 Å². The van der Waals surface area contributed by atoms with Gasteiger partial charge in [-0.2, -0.15) is 0 Å². The van der Waals surface area contributed by atoms with Crippen molar-refractivity contribution in [3.05, 3.63) is 48.5 Å². The highest BCUT2D eigenvalue weighted by Crippen LogP contribution is 2.21. The molecule has 0 aliphatic heterocycles. The molecule has 0 aliphatic rings. The molecule has 102 valence electrons. The van der Waals surface area contributed by atoms with Gasteiger partial charge >= 0.3 is 13.2 Å². The molecule has 0 saturated heterocycles. The number of rotatable bonds is 3. The van der Waals surface area contributed by atoms with Crippen molar-refractivity contribution in [2.45, 2.75) is 0 Å². The average molecular weight is 273 g/mol. The summed E-state index contributed by atoms with van der Waals surface area (Å²) in [5.41, 5.74) is 0.222. The van der Waals surface area contributed by atoms with E-state index in [2.05, 4.69) is 5.32 Å². The van der Waals surface area contributed by atoms with Crippen molar-refractivity contribution >= 4 is 24.4 Å². The van der Waals surface area contributed by atoms with Gasteiger partial charge in [0.15, 0.2) is 0 Å². The van der Waals surface area contributed by atoms with Crippen molar-refractivity contribution in [3.8, 4) is 11.5 Å². The molecule has 0 fully saturated rings. The maximum Gasteiger partial charge on any atom is 0.488 e. The highest BCUT2D eigenvalue weighted by atomic mass is 16.6. The van der Waals surface area contributed by atoms with Crippen LogP contribution in [0.5, 0.6) is 11.5 Å². The fourth-order valence-electron chi connectivity index (χ4n) is 1.55. The maximum absolute atomic E-state index is 11.6. The van der Waals surface area contributed by atoms with Crippen LogP contribution in [0.3, 0.4) is 0 Å². The second kappa shape index (κ2) is 6.09. The van der Waals surface area contributed by atoms with Crippen LogP contribution in [-0.4, -0.2) is 28.4 Å². The maximum atomic E-state index is 11.6. The predicted molar refractivity (Wildman–Crippen MR) is 74.0 cm³/mol. The molecule has 0 spiro atoms. The van der Waals surface area contributed by atoms with Crippen LogP contribution in [0.2, 0.25) is 0 Å². The SMILES string of the molecule is O=C(Nc1ccc(B(O)O)cc1O)Oc1ccccc1. The monoisotopic (exact) mass is 273 g/mol. The molecule has 0 radical (unpaired) electrons. The van der Waals surface area contributed by atoms with Crippen LogP contribution in [0.1, 0.15) is 0 Å². The van der Waals surface area contributed by atoms with E-state index in [4.69, 9.17) is 14.8 Å². The van der Waals surface area contributed by atoms with Gasteiger partial charge in [-0.1, -0.05) is 24.3 Å². The van der Waals surface area contributed by atoms with Crippen LogP contribution in [0, 0.1) is 0 Å². The number of nitrogens with one attached hydrogen (secondary N) is 1. The Morgan fingerprint density at radius 3 is 2.40 bits per heavy atom. The van der Waals surface area contributed by atoms with Gasteiger partial charge in [0.2, 0.25) is 0 Å². The van der Waals surface area contributed by atoms with Gasteiger partial charge in [-0.25, -0.2) is 4.79 Å². The predicted octanol–water partition coefficient (Wildman–Crippen LogP) is 0.683. The van der Waals surface area contributed by atoms with Gasteiger partial charge in [0.1, 0.15) is 11.5 Å². The number of hydrogen-bond acceptors (Lipinski definition) is 5. The van der Waals surface area contributed by atoms with E-state index in [1.807, 2.05) is 0 Å². The Morgan fingerprint density at radius 1 is 1.10 bits per heavy atom.